The zero-order chi connectivity index (χ0) is 19.0. The Kier molecular flexibility index (Phi) is 7.36. The number of aliphatic imine (C=N–C) groups is 1. The summed E-state index contributed by atoms with van der Waals surface area (Å²) in [4.78, 5) is 16.1. The van der Waals surface area contributed by atoms with Crippen LogP contribution in [0.2, 0.25) is 0 Å². The molecule has 3 N–H and O–H groups in total. The number of carbonyl (C=O) groups is 1. The zero-order valence-corrected chi connectivity index (χ0v) is 16.3. The lowest BCUT2D eigenvalue weighted by molar-refractivity contribution is 0.0490. The van der Waals surface area contributed by atoms with Gasteiger partial charge in [-0.3, -0.25) is 4.99 Å². The second-order valence-corrected chi connectivity index (χ2v) is 7.67. The number of guanidine groups is 1. The van der Waals surface area contributed by atoms with Crippen LogP contribution < -0.4 is 16.0 Å². The van der Waals surface area contributed by atoms with E-state index in [-0.39, 0.29) is 12.1 Å². The Morgan fingerprint density at radius 2 is 1.88 bits per heavy atom. The number of alkyl carbamates (subject to hydrolysis) is 1. The van der Waals surface area contributed by atoms with Crippen LogP contribution in [0.4, 0.5) is 4.79 Å². The van der Waals surface area contributed by atoms with Crippen molar-refractivity contribution >= 4 is 12.1 Å². The van der Waals surface area contributed by atoms with Gasteiger partial charge in [-0.1, -0.05) is 0 Å². The standard InChI is InChI=1S/C19H32N4O3/c1-19(2,3)26-18(24)23-15-9-7-14(8-10-15)22-17(20-4)21-12-11-16-6-5-13-25-16/h5-6,13-15H,7-12H2,1-4H3,(H,23,24)(H2,20,21,22). The Bertz CT molecular complexity index is 570. The Morgan fingerprint density at radius 3 is 2.42 bits per heavy atom. The van der Waals surface area contributed by atoms with E-state index in [1.165, 1.54) is 0 Å². The predicted molar refractivity (Wildman–Crippen MR) is 102 cm³/mol. The number of nitrogens with one attached hydrogen (secondary N) is 3. The fraction of sp³-hybridized carbons (Fsp3) is 0.684. The second-order valence-electron chi connectivity index (χ2n) is 7.67. The average molecular weight is 364 g/mol. The number of rotatable bonds is 5. The summed E-state index contributed by atoms with van der Waals surface area (Å²) >= 11 is 0. The smallest absolute Gasteiger partial charge is 0.407 e. The highest BCUT2D eigenvalue weighted by atomic mass is 16.6. The molecule has 0 atom stereocenters. The van der Waals surface area contributed by atoms with Crippen LogP contribution >= 0.6 is 0 Å². The summed E-state index contributed by atoms with van der Waals surface area (Å²) in [5.41, 5.74) is -0.462. The number of carbonyl (C=O) groups excluding carboxylic acids is 1. The summed E-state index contributed by atoms with van der Waals surface area (Å²) in [6.45, 7) is 6.39. The van der Waals surface area contributed by atoms with Gasteiger partial charge in [0.25, 0.3) is 0 Å². The van der Waals surface area contributed by atoms with Crippen LogP contribution in [0, 0.1) is 0 Å². The van der Waals surface area contributed by atoms with Crippen molar-refractivity contribution in [2.75, 3.05) is 13.6 Å². The molecule has 7 nitrogen and oxygen atoms in total. The number of hydrogen-bond donors (Lipinski definition) is 3. The molecule has 0 bridgehead atoms. The first-order valence-corrected chi connectivity index (χ1v) is 9.35. The molecule has 0 radical (unpaired) electrons. The van der Waals surface area contributed by atoms with E-state index in [2.05, 4.69) is 20.9 Å². The molecule has 146 valence electrons. The van der Waals surface area contributed by atoms with Gasteiger partial charge in [-0.25, -0.2) is 4.79 Å². The largest absolute Gasteiger partial charge is 0.469 e. The summed E-state index contributed by atoms with van der Waals surface area (Å²) in [6.07, 6.45) is 6.01. The first-order chi connectivity index (χ1) is 12.4. The molecule has 0 spiro atoms. The number of amides is 1. The topological polar surface area (TPSA) is 87.9 Å². The summed E-state index contributed by atoms with van der Waals surface area (Å²) in [5.74, 6) is 1.77. The van der Waals surface area contributed by atoms with Gasteiger partial charge in [-0.2, -0.15) is 0 Å². The van der Waals surface area contributed by atoms with Crippen LogP contribution in [0.3, 0.4) is 0 Å². The molecule has 1 aliphatic rings. The lowest BCUT2D eigenvalue weighted by Crippen LogP contribution is -2.48. The Hall–Kier alpha value is -2.18. The summed E-state index contributed by atoms with van der Waals surface area (Å²) in [7, 11) is 1.78. The molecule has 2 rings (SSSR count). The average Bonchev–Trinajstić information content (AvgIpc) is 3.07. The molecule has 1 amide bonds. The Labute approximate surface area is 156 Å². The number of ether oxygens (including phenoxy) is 1. The highest BCUT2D eigenvalue weighted by Gasteiger charge is 2.25. The third-order valence-electron chi connectivity index (χ3n) is 4.26. The molecule has 26 heavy (non-hydrogen) atoms. The molecule has 0 aliphatic heterocycles. The quantitative estimate of drug-likeness (QED) is 0.552. The fourth-order valence-electron chi connectivity index (χ4n) is 3.00. The van der Waals surface area contributed by atoms with Crippen molar-refractivity contribution < 1.29 is 13.9 Å². The maximum atomic E-state index is 11.9. The number of nitrogens with zero attached hydrogens (tertiary/aromatic N) is 1. The first-order valence-electron chi connectivity index (χ1n) is 9.35. The summed E-state index contributed by atoms with van der Waals surface area (Å²) < 4.78 is 10.6. The van der Waals surface area contributed by atoms with E-state index in [9.17, 15) is 4.79 Å². The molecule has 1 aliphatic carbocycles. The van der Waals surface area contributed by atoms with Crippen LogP contribution in [0.25, 0.3) is 0 Å². The lowest BCUT2D eigenvalue weighted by atomic mass is 9.91. The Morgan fingerprint density at radius 1 is 1.23 bits per heavy atom. The van der Waals surface area contributed by atoms with E-state index in [1.54, 1.807) is 13.3 Å². The van der Waals surface area contributed by atoms with Crippen molar-refractivity contribution in [1.29, 1.82) is 0 Å². The van der Waals surface area contributed by atoms with Crippen LogP contribution in [0.1, 0.15) is 52.2 Å². The maximum Gasteiger partial charge on any atom is 0.407 e. The summed E-state index contributed by atoms with van der Waals surface area (Å²) in [5, 5.41) is 9.74. The second kappa shape index (κ2) is 9.50. The monoisotopic (exact) mass is 364 g/mol. The van der Waals surface area contributed by atoms with Gasteiger partial charge in [0, 0.05) is 32.1 Å². The van der Waals surface area contributed by atoms with Crippen molar-refractivity contribution in [2.24, 2.45) is 4.99 Å². The Balaban J connectivity index is 1.65. The van der Waals surface area contributed by atoms with Crippen molar-refractivity contribution in [3.63, 3.8) is 0 Å². The van der Waals surface area contributed by atoms with Gasteiger partial charge in [-0.05, 0) is 58.6 Å². The number of furan rings is 1. The van der Waals surface area contributed by atoms with Gasteiger partial charge in [0.15, 0.2) is 5.96 Å². The van der Waals surface area contributed by atoms with Crippen LogP contribution in [0.5, 0.6) is 0 Å². The zero-order valence-electron chi connectivity index (χ0n) is 16.3. The lowest BCUT2D eigenvalue weighted by Gasteiger charge is -2.31. The summed E-state index contributed by atoms with van der Waals surface area (Å²) in [6, 6.07) is 4.40. The third-order valence-corrected chi connectivity index (χ3v) is 4.26. The fourth-order valence-corrected chi connectivity index (χ4v) is 3.00. The molecule has 0 saturated heterocycles. The maximum absolute atomic E-state index is 11.9. The molecule has 1 fully saturated rings. The molecule has 1 saturated carbocycles. The normalized spacial score (nSPS) is 21.2. The molecule has 1 heterocycles. The number of hydrogen-bond acceptors (Lipinski definition) is 4. The van der Waals surface area contributed by atoms with Crippen LogP contribution in [-0.4, -0.2) is 43.3 Å². The van der Waals surface area contributed by atoms with E-state index in [0.717, 1.165) is 50.4 Å². The highest BCUT2D eigenvalue weighted by Crippen LogP contribution is 2.19. The molecule has 0 unspecified atom stereocenters. The van der Waals surface area contributed by atoms with Gasteiger partial charge in [-0.15, -0.1) is 0 Å². The van der Waals surface area contributed by atoms with E-state index >= 15 is 0 Å². The van der Waals surface area contributed by atoms with Crippen molar-refractivity contribution in [3.05, 3.63) is 24.2 Å². The minimum Gasteiger partial charge on any atom is -0.469 e. The van der Waals surface area contributed by atoms with Crippen molar-refractivity contribution in [1.82, 2.24) is 16.0 Å². The van der Waals surface area contributed by atoms with Gasteiger partial charge < -0.3 is 25.1 Å². The molecule has 0 aromatic carbocycles. The third kappa shape index (κ3) is 7.37. The minimum atomic E-state index is -0.462. The molecular formula is C19H32N4O3. The van der Waals surface area contributed by atoms with E-state index < -0.39 is 5.60 Å². The van der Waals surface area contributed by atoms with Gasteiger partial charge in [0.1, 0.15) is 11.4 Å². The van der Waals surface area contributed by atoms with Crippen molar-refractivity contribution in [3.8, 4) is 0 Å². The van der Waals surface area contributed by atoms with E-state index in [1.807, 2.05) is 32.9 Å². The van der Waals surface area contributed by atoms with Crippen LogP contribution in [0.15, 0.2) is 27.8 Å². The minimum absolute atomic E-state index is 0.178. The van der Waals surface area contributed by atoms with Crippen molar-refractivity contribution in [2.45, 2.75) is 70.6 Å². The molecular weight excluding hydrogens is 332 g/mol. The molecule has 1 aromatic heterocycles. The molecule has 1 aromatic rings. The predicted octanol–water partition coefficient (Wildman–Crippen LogP) is 2.82. The molecule has 7 heteroatoms. The first kappa shape index (κ1) is 20.1. The van der Waals surface area contributed by atoms with Gasteiger partial charge >= 0.3 is 6.09 Å². The van der Waals surface area contributed by atoms with Gasteiger partial charge in [0.2, 0.25) is 0 Å². The van der Waals surface area contributed by atoms with Gasteiger partial charge in [0.05, 0.1) is 6.26 Å². The SMILES string of the molecule is CN=C(NCCc1ccco1)NC1CCC(NC(=O)OC(C)(C)C)CC1. The van der Waals surface area contributed by atoms with E-state index in [0.29, 0.717) is 6.04 Å². The van der Waals surface area contributed by atoms with Crippen LogP contribution in [-0.2, 0) is 11.2 Å². The van der Waals surface area contributed by atoms with E-state index in [4.69, 9.17) is 9.15 Å². The highest BCUT2D eigenvalue weighted by molar-refractivity contribution is 5.79.